The fraction of sp³-hybridized carbons (Fsp3) is 0.500. The maximum Gasteiger partial charge on any atom is 0.305 e. The summed E-state index contributed by atoms with van der Waals surface area (Å²) in [6, 6.07) is 4.14. The first-order valence-electron chi connectivity index (χ1n) is 6.73. The minimum Gasteiger partial charge on any atom is -0.598 e. The summed E-state index contributed by atoms with van der Waals surface area (Å²) >= 11 is 4.50. The van der Waals surface area contributed by atoms with Crippen molar-refractivity contribution in [2.75, 3.05) is 0 Å². The summed E-state index contributed by atoms with van der Waals surface area (Å²) in [5.41, 5.74) is -1.44. The Kier molecular flexibility index (Phi) is 6.03. The van der Waals surface area contributed by atoms with Gasteiger partial charge in [-0.25, -0.2) is 0 Å². The lowest BCUT2D eigenvalue weighted by Gasteiger charge is -2.34. The minimum absolute atomic E-state index is 0.167. The molecule has 1 aromatic carbocycles. The van der Waals surface area contributed by atoms with Crippen molar-refractivity contribution < 1.29 is 19.4 Å². The Hall–Kier alpha value is -1.35. The highest BCUT2D eigenvalue weighted by molar-refractivity contribution is 7.90. The van der Waals surface area contributed by atoms with Crippen molar-refractivity contribution in [1.82, 2.24) is 4.72 Å². The lowest BCUT2D eigenvalue weighted by atomic mass is 9.89. The molecular formula is C14H19ClN2O5S. The fourth-order valence-corrected chi connectivity index (χ4v) is 3.23. The zero-order valence-corrected chi connectivity index (χ0v) is 14.8. The topological polar surface area (TPSA) is 116 Å². The zero-order valence-electron chi connectivity index (χ0n) is 13.3. The number of rotatable bonds is 6. The van der Waals surface area contributed by atoms with E-state index in [0.717, 1.165) is 0 Å². The molecule has 0 spiro atoms. The smallest absolute Gasteiger partial charge is 0.305 e. The van der Waals surface area contributed by atoms with E-state index in [1.54, 1.807) is 20.8 Å². The van der Waals surface area contributed by atoms with Gasteiger partial charge in [0.05, 0.1) is 16.9 Å². The van der Waals surface area contributed by atoms with Crippen LogP contribution in [0.1, 0.15) is 39.7 Å². The number of benzene rings is 1. The van der Waals surface area contributed by atoms with Crippen molar-refractivity contribution in [2.24, 2.45) is 0 Å². The van der Waals surface area contributed by atoms with Gasteiger partial charge in [-0.15, -0.1) is 4.72 Å². The third-order valence-electron chi connectivity index (χ3n) is 3.15. The summed E-state index contributed by atoms with van der Waals surface area (Å²) in [6.07, 6.45) is -0.435. The van der Waals surface area contributed by atoms with E-state index < -0.39 is 39.0 Å². The number of nitrogens with one attached hydrogen (secondary N) is 1. The molecule has 0 aromatic heterocycles. The maximum atomic E-state index is 12.4. The predicted molar refractivity (Wildman–Crippen MR) is 88.7 cm³/mol. The van der Waals surface area contributed by atoms with Crippen LogP contribution in [-0.4, -0.2) is 25.3 Å². The Balaban J connectivity index is 3.39. The highest BCUT2D eigenvalue weighted by atomic mass is 35.5. The van der Waals surface area contributed by atoms with Gasteiger partial charge in [0.25, 0.3) is 5.69 Å². The molecule has 9 heteroatoms. The molecule has 2 N–H and O–H groups in total. The number of nitrogens with zero attached hydrogens (tertiary/aromatic N) is 1. The summed E-state index contributed by atoms with van der Waals surface area (Å²) in [5, 5.41) is 20.0. The number of carboxylic acid groups (broad SMARTS) is 1. The Morgan fingerprint density at radius 1 is 1.39 bits per heavy atom. The van der Waals surface area contributed by atoms with Crippen molar-refractivity contribution in [3.63, 3.8) is 0 Å². The Bertz CT molecular complexity index is 620. The van der Waals surface area contributed by atoms with Gasteiger partial charge in [0, 0.05) is 23.0 Å². The molecule has 7 nitrogen and oxygen atoms in total. The molecule has 0 aliphatic carbocycles. The molecule has 0 aliphatic heterocycles. The van der Waals surface area contributed by atoms with Gasteiger partial charge in [-0.3, -0.25) is 14.9 Å². The van der Waals surface area contributed by atoms with Crippen LogP contribution in [0.25, 0.3) is 0 Å². The molecule has 1 rings (SSSR count). The summed E-state index contributed by atoms with van der Waals surface area (Å²) in [5.74, 6) is -1.14. The number of carbonyl (C=O) groups is 1. The van der Waals surface area contributed by atoms with Crippen LogP contribution in [0.5, 0.6) is 0 Å². The normalized spacial score (nSPS) is 15.7. The van der Waals surface area contributed by atoms with Crippen LogP contribution in [0, 0.1) is 10.1 Å². The largest absolute Gasteiger partial charge is 0.598 e. The fourth-order valence-electron chi connectivity index (χ4n) is 1.93. The Morgan fingerprint density at radius 2 is 1.96 bits per heavy atom. The third kappa shape index (κ3) is 4.81. The minimum atomic E-state index is -1.59. The molecule has 0 fully saturated rings. The van der Waals surface area contributed by atoms with E-state index in [0.29, 0.717) is 0 Å². The van der Waals surface area contributed by atoms with Gasteiger partial charge in [-0.1, -0.05) is 23.7 Å². The van der Waals surface area contributed by atoms with E-state index in [1.165, 1.54) is 25.1 Å². The van der Waals surface area contributed by atoms with Crippen LogP contribution in [0.15, 0.2) is 18.2 Å². The molecular weight excluding hydrogens is 344 g/mol. The summed E-state index contributed by atoms with van der Waals surface area (Å²) in [4.78, 5) is 21.6. The predicted octanol–water partition coefficient (Wildman–Crippen LogP) is 2.99. The van der Waals surface area contributed by atoms with Crippen molar-refractivity contribution in [2.45, 2.75) is 44.4 Å². The molecule has 0 saturated carbocycles. The maximum absolute atomic E-state index is 12.4. The molecule has 0 heterocycles. The number of nitro benzene ring substituents is 1. The molecule has 0 bridgehead atoms. The highest BCUT2D eigenvalue weighted by Gasteiger charge is 2.41. The molecule has 128 valence electrons. The van der Waals surface area contributed by atoms with Crippen LogP contribution < -0.4 is 4.72 Å². The quantitative estimate of drug-likeness (QED) is 0.456. The molecule has 23 heavy (non-hydrogen) atoms. The van der Waals surface area contributed by atoms with Crippen molar-refractivity contribution >= 4 is 34.6 Å². The number of aliphatic carboxylic acids is 1. The van der Waals surface area contributed by atoms with Gasteiger partial charge >= 0.3 is 5.97 Å². The average molecular weight is 363 g/mol. The van der Waals surface area contributed by atoms with Gasteiger partial charge in [-0.2, -0.15) is 0 Å². The lowest BCUT2D eigenvalue weighted by Crippen LogP contribution is -2.51. The monoisotopic (exact) mass is 362 g/mol. The summed E-state index contributed by atoms with van der Waals surface area (Å²) in [6.45, 7) is 6.70. The van der Waals surface area contributed by atoms with Crippen LogP contribution in [0.2, 0.25) is 5.02 Å². The second-order valence-corrected chi connectivity index (χ2v) is 8.63. The molecule has 0 unspecified atom stereocenters. The Morgan fingerprint density at radius 3 is 2.39 bits per heavy atom. The average Bonchev–Trinajstić information content (AvgIpc) is 2.35. The van der Waals surface area contributed by atoms with Gasteiger partial charge in [0.1, 0.15) is 9.77 Å². The first-order chi connectivity index (χ1) is 10.4. The second-order valence-electron chi connectivity index (χ2n) is 6.28. The van der Waals surface area contributed by atoms with E-state index >= 15 is 0 Å². The van der Waals surface area contributed by atoms with Crippen LogP contribution in [0.4, 0.5) is 5.69 Å². The van der Waals surface area contributed by atoms with Crippen LogP contribution >= 0.6 is 11.6 Å². The van der Waals surface area contributed by atoms with E-state index in [4.69, 9.17) is 11.6 Å². The van der Waals surface area contributed by atoms with E-state index in [9.17, 15) is 24.6 Å². The second kappa shape index (κ2) is 7.04. The number of hydrogen-bond donors (Lipinski definition) is 2. The number of halogens is 1. The molecule has 2 atom stereocenters. The lowest BCUT2D eigenvalue weighted by molar-refractivity contribution is -0.384. The van der Waals surface area contributed by atoms with Crippen molar-refractivity contribution in [3.8, 4) is 0 Å². The van der Waals surface area contributed by atoms with Crippen molar-refractivity contribution in [1.29, 1.82) is 0 Å². The van der Waals surface area contributed by atoms with Crippen LogP contribution in [0.3, 0.4) is 0 Å². The molecule has 1 aromatic rings. The van der Waals surface area contributed by atoms with Crippen LogP contribution in [-0.2, 0) is 21.7 Å². The van der Waals surface area contributed by atoms with Gasteiger partial charge in [-0.05, 0) is 27.7 Å². The molecule has 0 amide bonds. The Labute approximate surface area is 142 Å². The summed E-state index contributed by atoms with van der Waals surface area (Å²) in [7, 11) is 0. The SMILES string of the molecule is CC(C)(C)[S@@+]([O-])N[C@@](C)(CC(=O)O)c1cccc([N+](=O)[O-])c1Cl. The van der Waals surface area contributed by atoms with E-state index in [2.05, 4.69) is 4.72 Å². The standard InChI is InChI=1S/C14H19ClN2O5S/c1-13(2,3)23(22)16-14(4,8-11(18)19)9-6-5-7-10(12(9)15)17(20)21/h5-7,16H,8H2,1-4H3,(H,18,19)/t14-,23+/m0/s1. The third-order valence-corrected chi connectivity index (χ3v) is 5.29. The van der Waals surface area contributed by atoms with Crippen molar-refractivity contribution in [3.05, 3.63) is 38.9 Å². The molecule has 0 saturated heterocycles. The highest BCUT2D eigenvalue weighted by Crippen LogP contribution is 2.37. The first kappa shape index (κ1) is 19.7. The molecule has 0 aliphatic rings. The number of hydrogen-bond acceptors (Lipinski definition) is 5. The van der Waals surface area contributed by atoms with E-state index in [1.807, 2.05) is 0 Å². The first-order valence-corrected chi connectivity index (χ1v) is 8.26. The number of carboxylic acids is 1. The van der Waals surface area contributed by atoms with Gasteiger partial charge < -0.3 is 9.66 Å². The summed E-state index contributed by atoms with van der Waals surface area (Å²) < 4.78 is 14.5. The van der Waals surface area contributed by atoms with Gasteiger partial charge in [0.2, 0.25) is 0 Å². The van der Waals surface area contributed by atoms with E-state index in [-0.39, 0.29) is 16.3 Å². The zero-order chi connectivity index (χ0) is 18.0. The molecule has 0 radical (unpaired) electrons. The number of nitro groups is 1. The van der Waals surface area contributed by atoms with Gasteiger partial charge in [0.15, 0.2) is 0 Å².